The Labute approximate surface area is 122 Å². The highest BCUT2D eigenvalue weighted by Gasteiger charge is 2.15. The van der Waals surface area contributed by atoms with Crippen LogP contribution in [0.1, 0.15) is 44.6 Å². The van der Waals surface area contributed by atoms with Gasteiger partial charge in [-0.1, -0.05) is 38.3 Å². The molecule has 0 radical (unpaired) electrons. The number of hydrogen-bond acceptors (Lipinski definition) is 3. The minimum absolute atomic E-state index is 0.363. The molecule has 0 spiro atoms. The van der Waals surface area contributed by atoms with Crippen LogP contribution in [0.4, 0.5) is 5.69 Å². The van der Waals surface area contributed by atoms with Gasteiger partial charge >= 0.3 is 0 Å². The first-order valence-corrected chi connectivity index (χ1v) is 7.90. The molecule has 112 valence electrons. The first-order valence-electron chi connectivity index (χ1n) is 7.90. The molecule has 1 atom stereocenters. The molecular weight excluding hydrogens is 250 g/mol. The number of hydrogen-bond donors (Lipinski definition) is 2. The summed E-state index contributed by atoms with van der Waals surface area (Å²) in [6.45, 7) is 3.12. The number of nitrogens with one attached hydrogen (secondary N) is 1. The summed E-state index contributed by atoms with van der Waals surface area (Å²) in [7, 11) is 0. The van der Waals surface area contributed by atoms with Gasteiger partial charge in [0.15, 0.2) is 0 Å². The minimum atomic E-state index is -0.442. The summed E-state index contributed by atoms with van der Waals surface area (Å²) in [5.74, 6) is 0. The Morgan fingerprint density at radius 1 is 1.20 bits per heavy atom. The number of rotatable bonds is 7. The Kier molecular flexibility index (Phi) is 6.34. The Morgan fingerprint density at radius 2 is 1.90 bits per heavy atom. The zero-order valence-electron chi connectivity index (χ0n) is 12.5. The van der Waals surface area contributed by atoms with Gasteiger partial charge in [0.1, 0.15) is 0 Å². The van der Waals surface area contributed by atoms with Crippen LogP contribution in [0.15, 0.2) is 24.3 Å². The summed E-state index contributed by atoms with van der Waals surface area (Å²) in [6.07, 6.45) is 7.14. The molecule has 1 aromatic carbocycles. The Hall–Kier alpha value is -1.06. The fraction of sp³-hybridized carbons (Fsp3) is 0.647. The van der Waals surface area contributed by atoms with E-state index in [0.29, 0.717) is 19.3 Å². The Balaban J connectivity index is 1.64. The summed E-state index contributed by atoms with van der Waals surface area (Å²) in [4.78, 5) is 0. The van der Waals surface area contributed by atoms with Gasteiger partial charge in [0.05, 0.1) is 18.8 Å². The van der Waals surface area contributed by atoms with E-state index in [4.69, 9.17) is 4.74 Å². The van der Waals surface area contributed by atoms with E-state index in [9.17, 15) is 5.11 Å². The molecule has 1 unspecified atom stereocenters. The van der Waals surface area contributed by atoms with Gasteiger partial charge in [-0.25, -0.2) is 0 Å². The zero-order chi connectivity index (χ0) is 14.2. The lowest BCUT2D eigenvalue weighted by Gasteiger charge is -2.23. The topological polar surface area (TPSA) is 41.5 Å². The zero-order valence-corrected chi connectivity index (χ0v) is 12.5. The van der Waals surface area contributed by atoms with Crippen LogP contribution in [0.3, 0.4) is 0 Å². The van der Waals surface area contributed by atoms with Gasteiger partial charge in [-0.15, -0.1) is 0 Å². The van der Waals surface area contributed by atoms with Gasteiger partial charge in [-0.2, -0.15) is 0 Å². The van der Waals surface area contributed by atoms with Crippen LogP contribution in [-0.4, -0.2) is 30.5 Å². The highest BCUT2D eigenvalue weighted by atomic mass is 16.5. The van der Waals surface area contributed by atoms with Crippen molar-refractivity contribution in [2.45, 2.75) is 57.7 Å². The maximum Gasteiger partial charge on any atom is 0.0945 e. The number of anilines is 1. The van der Waals surface area contributed by atoms with E-state index in [1.807, 2.05) is 0 Å². The third-order valence-electron chi connectivity index (χ3n) is 3.98. The van der Waals surface area contributed by atoms with E-state index in [0.717, 1.165) is 24.9 Å². The lowest BCUT2D eigenvalue weighted by atomic mass is 9.98. The summed E-state index contributed by atoms with van der Waals surface area (Å²) >= 11 is 0. The van der Waals surface area contributed by atoms with Crippen LogP contribution in [0.5, 0.6) is 0 Å². The van der Waals surface area contributed by atoms with Crippen molar-refractivity contribution >= 4 is 5.69 Å². The maximum absolute atomic E-state index is 9.95. The van der Waals surface area contributed by atoms with Crippen molar-refractivity contribution in [1.82, 2.24) is 0 Å². The predicted octanol–water partition coefficient (Wildman–Crippen LogP) is 3.37. The first-order chi connectivity index (χ1) is 9.78. The minimum Gasteiger partial charge on any atom is -0.389 e. The molecule has 3 nitrogen and oxygen atoms in total. The van der Waals surface area contributed by atoms with E-state index in [-0.39, 0.29) is 0 Å². The lowest BCUT2D eigenvalue weighted by Crippen LogP contribution is -2.28. The van der Waals surface area contributed by atoms with Crippen molar-refractivity contribution in [3.05, 3.63) is 29.8 Å². The maximum atomic E-state index is 9.95. The monoisotopic (exact) mass is 277 g/mol. The van der Waals surface area contributed by atoms with E-state index in [1.165, 1.54) is 24.8 Å². The van der Waals surface area contributed by atoms with Crippen molar-refractivity contribution in [3.63, 3.8) is 0 Å². The molecule has 1 aliphatic carbocycles. The molecule has 1 fully saturated rings. The quantitative estimate of drug-likeness (QED) is 0.803. The van der Waals surface area contributed by atoms with E-state index in [1.54, 1.807) is 0 Å². The average Bonchev–Trinajstić information content (AvgIpc) is 2.52. The summed E-state index contributed by atoms with van der Waals surface area (Å²) in [5.41, 5.74) is 2.38. The molecule has 20 heavy (non-hydrogen) atoms. The van der Waals surface area contributed by atoms with Gasteiger partial charge in [0.25, 0.3) is 0 Å². The molecule has 1 aromatic rings. The fourth-order valence-electron chi connectivity index (χ4n) is 2.63. The SMILES string of the molecule is CCc1ccc(NCC(O)COC2CCCCC2)cc1. The van der Waals surface area contributed by atoms with Crippen molar-refractivity contribution < 1.29 is 9.84 Å². The second-order valence-corrected chi connectivity index (χ2v) is 5.68. The van der Waals surface area contributed by atoms with E-state index >= 15 is 0 Å². The third-order valence-corrected chi connectivity index (χ3v) is 3.98. The predicted molar refractivity (Wildman–Crippen MR) is 83.1 cm³/mol. The molecule has 1 saturated carbocycles. The van der Waals surface area contributed by atoms with Gasteiger partial charge in [0.2, 0.25) is 0 Å². The van der Waals surface area contributed by atoms with Gasteiger partial charge < -0.3 is 15.2 Å². The number of aliphatic hydroxyl groups excluding tert-OH is 1. The van der Waals surface area contributed by atoms with E-state index in [2.05, 4.69) is 36.5 Å². The van der Waals surface area contributed by atoms with Crippen molar-refractivity contribution in [1.29, 1.82) is 0 Å². The number of aliphatic hydroxyl groups is 1. The van der Waals surface area contributed by atoms with Crippen LogP contribution in [0.25, 0.3) is 0 Å². The second-order valence-electron chi connectivity index (χ2n) is 5.68. The van der Waals surface area contributed by atoms with E-state index < -0.39 is 6.10 Å². The van der Waals surface area contributed by atoms with Gasteiger partial charge in [-0.3, -0.25) is 0 Å². The molecule has 0 amide bonds. The fourth-order valence-corrected chi connectivity index (χ4v) is 2.63. The number of benzene rings is 1. The van der Waals surface area contributed by atoms with Crippen LogP contribution in [0, 0.1) is 0 Å². The molecule has 2 rings (SSSR count). The van der Waals surface area contributed by atoms with Crippen LogP contribution >= 0.6 is 0 Å². The Morgan fingerprint density at radius 3 is 2.55 bits per heavy atom. The normalized spacial score (nSPS) is 17.9. The van der Waals surface area contributed by atoms with Crippen LogP contribution in [0.2, 0.25) is 0 Å². The van der Waals surface area contributed by atoms with Crippen molar-refractivity contribution in [2.75, 3.05) is 18.5 Å². The van der Waals surface area contributed by atoms with Gasteiger partial charge in [0, 0.05) is 12.2 Å². The largest absolute Gasteiger partial charge is 0.389 e. The molecule has 0 aliphatic heterocycles. The standard InChI is InChI=1S/C17H27NO2/c1-2-14-8-10-15(11-9-14)18-12-16(19)13-20-17-6-4-3-5-7-17/h8-11,16-19H,2-7,12-13H2,1H3. The lowest BCUT2D eigenvalue weighted by molar-refractivity contribution is -0.0195. The molecule has 2 N–H and O–H groups in total. The smallest absolute Gasteiger partial charge is 0.0945 e. The van der Waals surface area contributed by atoms with Crippen molar-refractivity contribution in [3.8, 4) is 0 Å². The molecule has 0 saturated heterocycles. The summed E-state index contributed by atoms with van der Waals surface area (Å²) < 4.78 is 5.78. The number of aryl methyl sites for hydroxylation is 1. The number of ether oxygens (including phenoxy) is 1. The molecule has 0 aromatic heterocycles. The summed E-state index contributed by atoms with van der Waals surface area (Å²) in [5, 5.41) is 13.2. The first kappa shape index (κ1) is 15.3. The third kappa shape index (κ3) is 5.14. The summed E-state index contributed by atoms with van der Waals surface area (Å²) in [6, 6.07) is 8.36. The highest BCUT2D eigenvalue weighted by Crippen LogP contribution is 2.20. The molecule has 3 heteroatoms. The van der Waals surface area contributed by atoms with Crippen LogP contribution in [-0.2, 0) is 11.2 Å². The molecule has 1 aliphatic rings. The van der Waals surface area contributed by atoms with Gasteiger partial charge in [-0.05, 0) is 37.0 Å². The highest BCUT2D eigenvalue weighted by molar-refractivity contribution is 5.44. The second kappa shape index (κ2) is 8.28. The van der Waals surface area contributed by atoms with Crippen LogP contribution < -0.4 is 5.32 Å². The average molecular weight is 277 g/mol. The molecular formula is C17H27NO2. The Bertz CT molecular complexity index is 371. The molecule has 0 heterocycles. The molecule has 0 bridgehead atoms. The van der Waals surface area contributed by atoms with Crippen molar-refractivity contribution in [2.24, 2.45) is 0 Å².